The molecule has 4 rings (SSSR count). The van der Waals surface area contributed by atoms with Gasteiger partial charge in [-0.15, -0.1) is 0 Å². The van der Waals surface area contributed by atoms with Crippen LogP contribution in [0.1, 0.15) is 59.5 Å². The molecule has 2 N–H and O–H groups in total. The summed E-state index contributed by atoms with van der Waals surface area (Å²) in [5.74, 6) is -0.948. The van der Waals surface area contributed by atoms with Gasteiger partial charge in [-0.2, -0.15) is 5.26 Å². The standard InChI is InChI=1S/C23H23ClN2O6S/c1-31-16-5-6-17(10-16)32-21-11-19(24)15(12-25)8-20(21)26-33(29,30)22-9-14(23(27)28)4-7-18(22)13-2-3-13/h4,7-9,11,13,16-17,26H,2-3,5-6,10H2,1H3,(H,27,28). The monoisotopic (exact) mass is 490 g/mol. The number of sulfonamides is 1. The summed E-state index contributed by atoms with van der Waals surface area (Å²) in [6.45, 7) is 0. The second-order valence-corrected chi connectivity index (χ2v) is 10.3. The predicted molar refractivity (Wildman–Crippen MR) is 121 cm³/mol. The molecule has 2 atom stereocenters. The number of carbonyl (C=O) groups is 1. The molecule has 0 amide bonds. The van der Waals surface area contributed by atoms with Crippen molar-refractivity contribution in [1.82, 2.24) is 0 Å². The molecule has 0 aliphatic heterocycles. The van der Waals surface area contributed by atoms with Crippen LogP contribution in [0, 0.1) is 11.3 Å². The van der Waals surface area contributed by atoms with Gasteiger partial charge in [0.2, 0.25) is 0 Å². The fraction of sp³-hybridized carbons (Fsp3) is 0.391. The first-order valence-corrected chi connectivity index (χ1v) is 12.4. The van der Waals surface area contributed by atoms with Gasteiger partial charge in [0, 0.05) is 19.6 Å². The maximum atomic E-state index is 13.4. The van der Waals surface area contributed by atoms with Crippen molar-refractivity contribution in [1.29, 1.82) is 5.26 Å². The van der Waals surface area contributed by atoms with E-state index in [1.807, 2.05) is 6.07 Å². The number of carboxylic acid groups (broad SMARTS) is 1. The Labute approximate surface area is 197 Å². The van der Waals surface area contributed by atoms with E-state index in [9.17, 15) is 23.6 Å². The van der Waals surface area contributed by atoms with Gasteiger partial charge in [0.25, 0.3) is 10.0 Å². The van der Waals surface area contributed by atoms with Crippen molar-refractivity contribution >= 4 is 33.3 Å². The number of ether oxygens (including phenoxy) is 2. The molecule has 2 aliphatic rings. The highest BCUT2D eigenvalue weighted by Gasteiger charge is 2.32. The van der Waals surface area contributed by atoms with Crippen molar-refractivity contribution in [2.75, 3.05) is 11.8 Å². The third-order valence-electron chi connectivity index (χ3n) is 5.96. The molecule has 8 nitrogen and oxygen atoms in total. The van der Waals surface area contributed by atoms with Gasteiger partial charge in [-0.25, -0.2) is 13.2 Å². The zero-order valence-corrected chi connectivity index (χ0v) is 19.4. The maximum absolute atomic E-state index is 13.4. The SMILES string of the molecule is COC1CCC(Oc2cc(Cl)c(C#N)cc2NS(=O)(=O)c2cc(C(=O)O)ccc2C2CC2)C1. The van der Waals surface area contributed by atoms with E-state index in [-0.39, 0.29) is 50.6 Å². The Morgan fingerprint density at radius 3 is 2.52 bits per heavy atom. The van der Waals surface area contributed by atoms with Gasteiger partial charge in [0.1, 0.15) is 17.9 Å². The van der Waals surface area contributed by atoms with E-state index in [2.05, 4.69) is 4.72 Å². The number of hydrogen-bond acceptors (Lipinski definition) is 6. The van der Waals surface area contributed by atoms with Gasteiger partial charge in [-0.1, -0.05) is 17.7 Å². The third kappa shape index (κ3) is 5.08. The zero-order valence-electron chi connectivity index (χ0n) is 17.9. The Balaban J connectivity index is 1.71. The van der Waals surface area contributed by atoms with E-state index in [1.54, 1.807) is 13.2 Å². The number of methoxy groups -OCH3 is 1. The zero-order chi connectivity index (χ0) is 23.8. The van der Waals surface area contributed by atoms with Crippen LogP contribution in [0.5, 0.6) is 5.75 Å². The van der Waals surface area contributed by atoms with Crippen LogP contribution in [0.15, 0.2) is 35.2 Å². The van der Waals surface area contributed by atoms with Gasteiger partial charge < -0.3 is 14.6 Å². The fourth-order valence-corrected chi connectivity index (χ4v) is 5.63. The normalized spacial score (nSPS) is 20.3. The average molecular weight is 491 g/mol. The molecule has 0 aromatic heterocycles. The van der Waals surface area contributed by atoms with Gasteiger partial charge in [0.15, 0.2) is 0 Å². The lowest BCUT2D eigenvalue weighted by Gasteiger charge is -2.19. The number of nitrogens with one attached hydrogen (secondary N) is 1. The molecule has 2 aromatic carbocycles. The highest BCUT2D eigenvalue weighted by atomic mass is 35.5. The summed E-state index contributed by atoms with van der Waals surface area (Å²) < 4.78 is 40.7. The van der Waals surface area contributed by atoms with E-state index >= 15 is 0 Å². The van der Waals surface area contributed by atoms with Gasteiger partial charge in [0.05, 0.1) is 32.8 Å². The first-order valence-electron chi connectivity index (χ1n) is 10.5. The quantitative estimate of drug-likeness (QED) is 0.556. The first kappa shape index (κ1) is 23.4. The van der Waals surface area contributed by atoms with E-state index in [0.29, 0.717) is 12.0 Å². The van der Waals surface area contributed by atoms with Crippen molar-refractivity contribution in [2.45, 2.75) is 55.1 Å². The van der Waals surface area contributed by atoms with Gasteiger partial charge in [-0.05, 0) is 55.4 Å². The van der Waals surface area contributed by atoms with Gasteiger partial charge >= 0.3 is 5.97 Å². The second-order valence-electron chi connectivity index (χ2n) is 8.29. The molecule has 0 heterocycles. The van der Waals surface area contributed by atoms with Crippen LogP contribution in [0.25, 0.3) is 0 Å². The number of benzene rings is 2. The highest BCUT2D eigenvalue weighted by molar-refractivity contribution is 7.92. The van der Waals surface area contributed by atoms with E-state index in [4.69, 9.17) is 21.1 Å². The Morgan fingerprint density at radius 1 is 1.18 bits per heavy atom. The summed E-state index contributed by atoms with van der Waals surface area (Å²) in [4.78, 5) is 11.4. The summed E-state index contributed by atoms with van der Waals surface area (Å²) >= 11 is 6.19. The van der Waals surface area contributed by atoms with Crippen LogP contribution in [0.2, 0.25) is 5.02 Å². The maximum Gasteiger partial charge on any atom is 0.335 e. The lowest BCUT2D eigenvalue weighted by molar-refractivity contribution is 0.0696. The van der Waals surface area contributed by atoms with Crippen molar-refractivity contribution in [2.24, 2.45) is 0 Å². The molecule has 2 fully saturated rings. The molecule has 2 saturated carbocycles. The summed E-state index contributed by atoms with van der Waals surface area (Å²) in [7, 11) is -2.55. The van der Waals surface area contributed by atoms with E-state index < -0.39 is 16.0 Å². The summed E-state index contributed by atoms with van der Waals surface area (Å²) in [5.41, 5.74) is 0.605. The van der Waals surface area contributed by atoms with Crippen LogP contribution in [0.3, 0.4) is 0 Å². The molecular formula is C23H23ClN2O6S. The van der Waals surface area contributed by atoms with Crippen LogP contribution >= 0.6 is 11.6 Å². The first-order chi connectivity index (χ1) is 15.7. The molecule has 2 unspecified atom stereocenters. The Bertz CT molecular complexity index is 1240. The largest absolute Gasteiger partial charge is 0.488 e. The molecule has 33 heavy (non-hydrogen) atoms. The van der Waals surface area contributed by atoms with Crippen molar-refractivity contribution in [3.63, 3.8) is 0 Å². The molecule has 0 bridgehead atoms. The molecule has 2 aromatic rings. The number of nitriles is 1. The number of halogens is 1. The number of carboxylic acids is 1. The minimum absolute atomic E-state index is 0.0591. The Kier molecular flexibility index (Phi) is 6.52. The molecule has 0 radical (unpaired) electrons. The predicted octanol–water partition coefficient (Wildman–Crippen LogP) is 4.53. The molecule has 174 valence electrons. The van der Waals surface area contributed by atoms with Crippen molar-refractivity contribution in [3.05, 3.63) is 52.0 Å². The molecular weight excluding hydrogens is 468 g/mol. The van der Waals surface area contributed by atoms with Gasteiger partial charge in [-0.3, -0.25) is 4.72 Å². The molecule has 2 aliphatic carbocycles. The molecule has 0 saturated heterocycles. The van der Waals surface area contributed by atoms with E-state index in [1.165, 1.54) is 24.3 Å². The van der Waals surface area contributed by atoms with Crippen LogP contribution in [-0.2, 0) is 14.8 Å². The van der Waals surface area contributed by atoms with E-state index in [0.717, 1.165) is 25.7 Å². The number of nitrogens with zero attached hydrogens (tertiary/aromatic N) is 1. The topological polar surface area (TPSA) is 126 Å². The number of rotatable bonds is 8. The number of anilines is 1. The average Bonchev–Trinajstić information content (AvgIpc) is 3.53. The van der Waals surface area contributed by atoms with Crippen LogP contribution in [0.4, 0.5) is 5.69 Å². The second kappa shape index (κ2) is 9.21. The molecule has 0 spiro atoms. The third-order valence-corrected chi connectivity index (χ3v) is 7.70. The lowest BCUT2D eigenvalue weighted by Crippen LogP contribution is -2.19. The lowest BCUT2D eigenvalue weighted by atomic mass is 10.1. The minimum Gasteiger partial charge on any atom is -0.488 e. The van der Waals surface area contributed by atoms with Crippen molar-refractivity contribution in [3.8, 4) is 11.8 Å². The minimum atomic E-state index is -4.18. The number of aromatic carboxylic acids is 1. The summed E-state index contributed by atoms with van der Waals surface area (Å²) in [6.07, 6.45) is 3.74. The van der Waals surface area contributed by atoms with Crippen molar-refractivity contribution < 1.29 is 27.8 Å². The molecule has 10 heteroatoms. The van der Waals surface area contributed by atoms with Crippen LogP contribution < -0.4 is 9.46 Å². The Morgan fingerprint density at radius 2 is 1.91 bits per heavy atom. The number of hydrogen-bond donors (Lipinski definition) is 2. The highest BCUT2D eigenvalue weighted by Crippen LogP contribution is 2.44. The summed E-state index contributed by atoms with van der Waals surface area (Å²) in [6, 6.07) is 8.83. The van der Waals surface area contributed by atoms with Crippen LogP contribution in [-0.4, -0.2) is 38.8 Å². The fourth-order valence-electron chi connectivity index (χ4n) is 4.05. The Hall–Kier alpha value is -2.80. The smallest absolute Gasteiger partial charge is 0.335 e. The summed E-state index contributed by atoms with van der Waals surface area (Å²) in [5, 5.41) is 18.9.